The van der Waals surface area contributed by atoms with E-state index in [1.807, 2.05) is 48.2 Å². The van der Waals surface area contributed by atoms with Crippen molar-refractivity contribution in [1.82, 2.24) is 10.2 Å². The molecule has 0 fully saturated rings. The SMILES string of the molecule is CCN1C(S)=C(C#N)C(=O)NC1c1ccccc1. The van der Waals surface area contributed by atoms with Gasteiger partial charge in [-0.1, -0.05) is 30.3 Å². The Morgan fingerprint density at radius 1 is 1.44 bits per heavy atom. The zero-order chi connectivity index (χ0) is 13.1. The molecule has 0 saturated heterocycles. The predicted molar refractivity (Wildman–Crippen MR) is 71.3 cm³/mol. The van der Waals surface area contributed by atoms with Crippen LogP contribution in [0.3, 0.4) is 0 Å². The van der Waals surface area contributed by atoms with Gasteiger partial charge in [-0.25, -0.2) is 0 Å². The van der Waals surface area contributed by atoms with Gasteiger partial charge in [0, 0.05) is 6.54 Å². The van der Waals surface area contributed by atoms with E-state index in [-0.39, 0.29) is 17.6 Å². The standard InChI is InChI=1S/C13H13N3OS/c1-2-16-11(9-6-4-3-5-7-9)15-12(17)10(8-14)13(16)18/h3-7,11,18H,2H2,1H3,(H,15,17). The molecule has 0 saturated carbocycles. The Labute approximate surface area is 111 Å². The third kappa shape index (κ3) is 2.07. The zero-order valence-corrected chi connectivity index (χ0v) is 10.8. The van der Waals surface area contributed by atoms with Gasteiger partial charge < -0.3 is 10.2 Å². The van der Waals surface area contributed by atoms with Crippen LogP contribution >= 0.6 is 12.6 Å². The quantitative estimate of drug-likeness (QED) is 0.796. The number of benzene rings is 1. The maximum absolute atomic E-state index is 11.8. The maximum atomic E-state index is 11.8. The Bertz CT molecular complexity index is 533. The van der Waals surface area contributed by atoms with Gasteiger partial charge in [-0.05, 0) is 12.5 Å². The molecule has 1 aliphatic heterocycles. The normalized spacial score (nSPS) is 19.5. The minimum Gasteiger partial charge on any atom is -0.341 e. The summed E-state index contributed by atoms with van der Waals surface area (Å²) in [7, 11) is 0. The lowest BCUT2D eigenvalue weighted by Gasteiger charge is -2.37. The number of amides is 1. The first-order valence-electron chi connectivity index (χ1n) is 5.64. The van der Waals surface area contributed by atoms with Crippen LogP contribution in [-0.2, 0) is 4.79 Å². The molecule has 1 unspecified atom stereocenters. The van der Waals surface area contributed by atoms with Gasteiger partial charge >= 0.3 is 0 Å². The number of carbonyl (C=O) groups excluding carboxylic acids is 1. The largest absolute Gasteiger partial charge is 0.341 e. The van der Waals surface area contributed by atoms with Crippen molar-refractivity contribution < 1.29 is 4.79 Å². The first-order valence-corrected chi connectivity index (χ1v) is 6.09. The summed E-state index contributed by atoms with van der Waals surface area (Å²) in [6.07, 6.45) is -0.270. The molecule has 5 heteroatoms. The van der Waals surface area contributed by atoms with Crippen molar-refractivity contribution in [3.63, 3.8) is 0 Å². The highest BCUT2D eigenvalue weighted by molar-refractivity contribution is 7.84. The van der Waals surface area contributed by atoms with Crippen molar-refractivity contribution in [3.05, 3.63) is 46.5 Å². The predicted octanol–water partition coefficient (Wildman–Crippen LogP) is 1.80. The molecule has 2 rings (SSSR count). The average molecular weight is 259 g/mol. The number of hydrogen-bond acceptors (Lipinski definition) is 4. The topological polar surface area (TPSA) is 56.1 Å². The van der Waals surface area contributed by atoms with E-state index in [0.29, 0.717) is 11.6 Å². The first-order chi connectivity index (χ1) is 8.69. The van der Waals surface area contributed by atoms with E-state index in [9.17, 15) is 4.79 Å². The Balaban J connectivity index is 2.44. The average Bonchev–Trinajstić information content (AvgIpc) is 2.39. The van der Waals surface area contributed by atoms with Crippen molar-refractivity contribution in [2.45, 2.75) is 13.1 Å². The van der Waals surface area contributed by atoms with E-state index >= 15 is 0 Å². The van der Waals surface area contributed by atoms with Crippen molar-refractivity contribution in [3.8, 4) is 6.07 Å². The third-order valence-corrected chi connectivity index (χ3v) is 3.35. The molecule has 1 atom stereocenters. The summed E-state index contributed by atoms with van der Waals surface area (Å²) >= 11 is 4.30. The lowest BCUT2D eigenvalue weighted by Crippen LogP contribution is -2.45. The Morgan fingerprint density at radius 3 is 2.67 bits per heavy atom. The van der Waals surface area contributed by atoms with Gasteiger partial charge in [-0.15, -0.1) is 12.6 Å². The van der Waals surface area contributed by atoms with Gasteiger partial charge in [0.2, 0.25) is 0 Å². The van der Waals surface area contributed by atoms with Crippen LogP contribution in [0.1, 0.15) is 18.7 Å². The molecule has 92 valence electrons. The lowest BCUT2D eigenvalue weighted by molar-refractivity contribution is -0.120. The van der Waals surface area contributed by atoms with Gasteiger partial charge in [0.25, 0.3) is 5.91 Å². The fourth-order valence-corrected chi connectivity index (χ4v) is 2.38. The lowest BCUT2D eigenvalue weighted by atomic mass is 10.1. The van der Waals surface area contributed by atoms with E-state index in [4.69, 9.17) is 5.26 Å². The molecule has 0 aliphatic carbocycles. The molecule has 1 heterocycles. The number of thiol groups is 1. The molecular formula is C13H13N3OS. The summed E-state index contributed by atoms with van der Waals surface area (Å²) in [6.45, 7) is 2.61. The highest BCUT2D eigenvalue weighted by Crippen LogP contribution is 2.29. The molecule has 0 aromatic heterocycles. The Morgan fingerprint density at radius 2 is 2.11 bits per heavy atom. The van der Waals surface area contributed by atoms with Crippen molar-refractivity contribution in [1.29, 1.82) is 5.26 Å². The van der Waals surface area contributed by atoms with Crippen LogP contribution in [0.5, 0.6) is 0 Å². The molecule has 0 radical (unpaired) electrons. The molecule has 1 N–H and O–H groups in total. The van der Waals surface area contributed by atoms with Crippen LogP contribution in [0.25, 0.3) is 0 Å². The second-order valence-corrected chi connectivity index (χ2v) is 4.31. The third-order valence-electron chi connectivity index (χ3n) is 2.87. The highest BCUT2D eigenvalue weighted by atomic mass is 32.1. The summed E-state index contributed by atoms with van der Waals surface area (Å²) in [4.78, 5) is 13.7. The molecule has 0 bridgehead atoms. The molecule has 4 nitrogen and oxygen atoms in total. The number of nitrogens with one attached hydrogen (secondary N) is 1. The fraction of sp³-hybridized carbons (Fsp3) is 0.231. The second-order valence-electron chi connectivity index (χ2n) is 3.88. The van der Waals surface area contributed by atoms with Gasteiger partial charge in [-0.3, -0.25) is 4.79 Å². The number of rotatable bonds is 2. The molecule has 1 aliphatic rings. The summed E-state index contributed by atoms with van der Waals surface area (Å²) in [5.74, 6) is -0.374. The summed E-state index contributed by atoms with van der Waals surface area (Å²) in [5, 5.41) is 12.2. The monoisotopic (exact) mass is 259 g/mol. The fourth-order valence-electron chi connectivity index (χ4n) is 1.97. The van der Waals surface area contributed by atoms with E-state index < -0.39 is 0 Å². The van der Waals surface area contributed by atoms with Crippen LogP contribution in [0.15, 0.2) is 40.9 Å². The van der Waals surface area contributed by atoms with Gasteiger partial charge in [0.1, 0.15) is 17.8 Å². The number of carbonyl (C=O) groups is 1. The maximum Gasteiger partial charge on any atom is 0.266 e. The van der Waals surface area contributed by atoms with Gasteiger partial charge in [-0.2, -0.15) is 5.26 Å². The molecule has 18 heavy (non-hydrogen) atoms. The summed E-state index contributed by atoms with van der Waals surface area (Å²) < 4.78 is 0. The van der Waals surface area contributed by atoms with Crippen molar-refractivity contribution in [2.24, 2.45) is 0 Å². The smallest absolute Gasteiger partial charge is 0.266 e. The zero-order valence-electron chi connectivity index (χ0n) is 9.92. The van der Waals surface area contributed by atoms with Gasteiger partial charge in [0.05, 0.1) is 5.03 Å². The van der Waals surface area contributed by atoms with Crippen molar-refractivity contribution >= 4 is 18.5 Å². The van der Waals surface area contributed by atoms with Crippen LogP contribution in [0.4, 0.5) is 0 Å². The molecule has 1 aromatic rings. The Hall–Kier alpha value is -1.93. The van der Waals surface area contributed by atoms with Gasteiger partial charge in [0.15, 0.2) is 0 Å². The minimum atomic E-state index is -0.374. The van der Waals surface area contributed by atoms with E-state index in [0.717, 1.165) is 5.56 Å². The van der Waals surface area contributed by atoms with E-state index in [1.165, 1.54) is 0 Å². The van der Waals surface area contributed by atoms with Crippen LogP contribution < -0.4 is 5.32 Å². The van der Waals surface area contributed by atoms with Crippen molar-refractivity contribution in [2.75, 3.05) is 6.54 Å². The van der Waals surface area contributed by atoms with E-state index in [2.05, 4.69) is 17.9 Å². The number of hydrogen-bond donors (Lipinski definition) is 2. The molecule has 1 amide bonds. The first kappa shape index (κ1) is 12.5. The van der Waals surface area contributed by atoms with Crippen LogP contribution in [0, 0.1) is 11.3 Å². The Kier molecular flexibility index (Phi) is 3.58. The molecule has 0 spiro atoms. The highest BCUT2D eigenvalue weighted by Gasteiger charge is 2.31. The number of nitrogens with zero attached hydrogens (tertiary/aromatic N) is 2. The molecular weight excluding hydrogens is 246 g/mol. The van der Waals surface area contributed by atoms with Crippen LogP contribution in [-0.4, -0.2) is 17.4 Å². The minimum absolute atomic E-state index is 0.0624. The molecule has 1 aromatic carbocycles. The van der Waals surface area contributed by atoms with Crippen LogP contribution in [0.2, 0.25) is 0 Å². The summed E-state index contributed by atoms with van der Waals surface area (Å²) in [5.41, 5.74) is 1.03. The summed E-state index contributed by atoms with van der Waals surface area (Å²) in [6, 6.07) is 11.5. The van der Waals surface area contributed by atoms with E-state index in [1.54, 1.807) is 0 Å². The second kappa shape index (κ2) is 5.15. The number of nitriles is 1.